The summed E-state index contributed by atoms with van der Waals surface area (Å²) in [7, 11) is -3.30. The predicted molar refractivity (Wildman–Crippen MR) is 77.2 cm³/mol. The van der Waals surface area contributed by atoms with Crippen LogP contribution >= 0.6 is 11.6 Å². The molecule has 1 aromatic heterocycles. The first kappa shape index (κ1) is 13.9. The zero-order valence-electron chi connectivity index (χ0n) is 10.8. The van der Waals surface area contributed by atoms with Crippen LogP contribution in [-0.2, 0) is 10.0 Å². The van der Waals surface area contributed by atoms with Crippen LogP contribution in [0.15, 0.2) is 28.7 Å². The number of aromatic nitrogens is 1. The summed E-state index contributed by atoms with van der Waals surface area (Å²) in [5.41, 5.74) is 1.62. The molecule has 7 heteroatoms. The Morgan fingerprint density at radius 2 is 2.00 bits per heavy atom. The summed E-state index contributed by atoms with van der Waals surface area (Å²) < 4.78 is 30.6. The summed E-state index contributed by atoms with van der Waals surface area (Å²) in [5.74, 6) is 0.873. The third-order valence-corrected chi connectivity index (χ3v) is 5.90. The van der Waals surface area contributed by atoms with Crippen molar-refractivity contribution in [2.24, 2.45) is 0 Å². The fourth-order valence-corrected chi connectivity index (χ4v) is 3.83. The van der Waals surface area contributed by atoms with Crippen molar-refractivity contribution >= 4 is 32.7 Å². The molecular formula is C13H15ClN2O3S. The number of hydrogen-bond donors (Lipinski definition) is 0. The van der Waals surface area contributed by atoms with Crippen molar-refractivity contribution < 1.29 is 12.8 Å². The standard InChI is InChI=1S/C13H15ClN2O3S/c14-9-20(17,18)16-7-5-10(6-8-16)13-15-11-3-1-2-4-12(11)19-13/h1-4,10H,5-9H2. The zero-order chi connectivity index (χ0) is 14.2. The van der Waals surface area contributed by atoms with Gasteiger partial charge in [0, 0.05) is 19.0 Å². The molecular weight excluding hydrogens is 300 g/mol. The van der Waals surface area contributed by atoms with E-state index >= 15 is 0 Å². The third kappa shape index (κ3) is 2.55. The van der Waals surface area contributed by atoms with Gasteiger partial charge in [0.15, 0.2) is 11.5 Å². The number of oxazole rings is 1. The summed E-state index contributed by atoms with van der Waals surface area (Å²) in [6.45, 7) is 0.941. The van der Waals surface area contributed by atoms with E-state index in [2.05, 4.69) is 4.98 Å². The van der Waals surface area contributed by atoms with Crippen LogP contribution in [0.3, 0.4) is 0 Å². The highest BCUT2D eigenvalue weighted by Gasteiger charge is 2.30. The Bertz CT molecular complexity index is 672. The van der Waals surface area contributed by atoms with Crippen molar-refractivity contribution in [3.05, 3.63) is 30.2 Å². The minimum Gasteiger partial charge on any atom is -0.440 e. The fraction of sp³-hybridized carbons (Fsp3) is 0.462. The molecule has 1 fully saturated rings. The van der Waals surface area contributed by atoms with E-state index < -0.39 is 10.0 Å². The van der Waals surface area contributed by atoms with E-state index in [-0.39, 0.29) is 11.1 Å². The van der Waals surface area contributed by atoms with Crippen LogP contribution in [-0.4, -0.2) is 36.0 Å². The van der Waals surface area contributed by atoms with Gasteiger partial charge in [-0.1, -0.05) is 12.1 Å². The molecule has 0 amide bonds. The number of piperidine rings is 1. The van der Waals surface area contributed by atoms with Crippen LogP contribution in [0.2, 0.25) is 0 Å². The van der Waals surface area contributed by atoms with Crippen molar-refractivity contribution in [1.82, 2.24) is 9.29 Å². The lowest BCUT2D eigenvalue weighted by Crippen LogP contribution is -2.38. The van der Waals surface area contributed by atoms with Gasteiger partial charge >= 0.3 is 0 Å². The fourth-order valence-electron chi connectivity index (χ4n) is 2.51. The van der Waals surface area contributed by atoms with Gasteiger partial charge in [-0.25, -0.2) is 17.7 Å². The van der Waals surface area contributed by atoms with Crippen LogP contribution in [0.1, 0.15) is 24.7 Å². The maximum atomic E-state index is 11.7. The SMILES string of the molecule is O=S(=O)(CCl)N1CCC(c2nc3ccccc3o2)CC1. The number of fused-ring (bicyclic) bond motifs is 1. The molecule has 20 heavy (non-hydrogen) atoms. The Morgan fingerprint density at radius 3 is 2.65 bits per heavy atom. The maximum Gasteiger partial charge on any atom is 0.228 e. The Hall–Kier alpha value is -1.11. The molecule has 1 aliphatic heterocycles. The Morgan fingerprint density at radius 1 is 1.30 bits per heavy atom. The number of para-hydroxylation sites is 2. The quantitative estimate of drug-likeness (QED) is 0.817. The molecule has 2 aromatic rings. The molecule has 0 saturated carbocycles. The second-order valence-electron chi connectivity index (χ2n) is 4.91. The summed E-state index contributed by atoms with van der Waals surface area (Å²) in [5, 5.41) is -0.361. The largest absolute Gasteiger partial charge is 0.440 e. The van der Waals surface area contributed by atoms with Crippen molar-refractivity contribution in [2.75, 3.05) is 18.3 Å². The summed E-state index contributed by atoms with van der Waals surface area (Å²) >= 11 is 5.47. The number of sulfonamides is 1. The van der Waals surface area contributed by atoms with Crippen LogP contribution in [0.4, 0.5) is 0 Å². The van der Waals surface area contributed by atoms with E-state index in [9.17, 15) is 8.42 Å². The molecule has 0 N–H and O–H groups in total. The molecule has 1 aromatic carbocycles. The van der Waals surface area contributed by atoms with Gasteiger partial charge in [-0.2, -0.15) is 0 Å². The highest BCUT2D eigenvalue weighted by atomic mass is 35.5. The molecule has 0 bridgehead atoms. The highest BCUT2D eigenvalue weighted by Crippen LogP contribution is 2.30. The predicted octanol–water partition coefficient (Wildman–Crippen LogP) is 2.53. The van der Waals surface area contributed by atoms with Crippen molar-refractivity contribution in [1.29, 1.82) is 0 Å². The average molecular weight is 315 g/mol. The summed E-state index contributed by atoms with van der Waals surface area (Å²) in [4.78, 5) is 4.48. The topological polar surface area (TPSA) is 63.4 Å². The van der Waals surface area contributed by atoms with Crippen LogP contribution in [0.5, 0.6) is 0 Å². The molecule has 0 radical (unpaired) electrons. The smallest absolute Gasteiger partial charge is 0.228 e. The minimum atomic E-state index is -3.30. The number of benzene rings is 1. The maximum absolute atomic E-state index is 11.7. The lowest BCUT2D eigenvalue weighted by molar-refractivity contribution is 0.294. The first-order valence-electron chi connectivity index (χ1n) is 6.49. The second-order valence-corrected chi connectivity index (χ2v) is 7.47. The van der Waals surface area contributed by atoms with Gasteiger partial charge in [0.1, 0.15) is 10.7 Å². The van der Waals surface area contributed by atoms with Crippen LogP contribution in [0, 0.1) is 0 Å². The van der Waals surface area contributed by atoms with Crippen LogP contribution < -0.4 is 0 Å². The van der Waals surface area contributed by atoms with Gasteiger partial charge in [0.05, 0.1) is 0 Å². The van der Waals surface area contributed by atoms with E-state index in [4.69, 9.17) is 16.0 Å². The zero-order valence-corrected chi connectivity index (χ0v) is 12.4. The number of rotatable bonds is 3. The van der Waals surface area contributed by atoms with Gasteiger partial charge < -0.3 is 4.42 Å². The summed E-state index contributed by atoms with van der Waals surface area (Å²) in [6, 6.07) is 7.63. The molecule has 1 saturated heterocycles. The normalized spacial score (nSPS) is 18.6. The number of nitrogens with zero attached hydrogens (tertiary/aromatic N) is 2. The first-order chi connectivity index (χ1) is 9.60. The van der Waals surface area contributed by atoms with Crippen molar-refractivity contribution in [3.8, 4) is 0 Å². The van der Waals surface area contributed by atoms with Gasteiger partial charge in [-0.05, 0) is 25.0 Å². The van der Waals surface area contributed by atoms with Crippen LogP contribution in [0.25, 0.3) is 11.1 Å². The average Bonchev–Trinajstić information content (AvgIpc) is 2.91. The molecule has 0 aliphatic carbocycles. The molecule has 0 unspecified atom stereocenters. The molecule has 3 rings (SSSR count). The molecule has 1 aliphatic rings. The lowest BCUT2D eigenvalue weighted by atomic mass is 9.98. The summed E-state index contributed by atoms with van der Waals surface area (Å²) in [6.07, 6.45) is 1.42. The van der Waals surface area contributed by atoms with Gasteiger partial charge in [-0.3, -0.25) is 0 Å². The first-order valence-corrected chi connectivity index (χ1v) is 8.64. The molecule has 2 heterocycles. The van der Waals surface area contributed by atoms with Gasteiger partial charge in [0.25, 0.3) is 0 Å². The number of halogens is 1. The molecule has 0 atom stereocenters. The molecule has 0 spiro atoms. The van der Waals surface area contributed by atoms with Gasteiger partial charge in [-0.15, -0.1) is 11.6 Å². The molecule has 5 nitrogen and oxygen atoms in total. The second kappa shape index (κ2) is 5.35. The van der Waals surface area contributed by atoms with E-state index in [1.807, 2.05) is 24.3 Å². The van der Waals surface area contributed by atoms with E-state index in [1.54, 1.807) is 0 Å². The molecule has 108 valence electrons. The Kier molecular flexibility index (Phi) is 3.70. The minimum absolute atomic E-state index is 0.171. The Labute approximate surface area is 122 Å². The van der Waals surface area contributed by atoms with Gasteiger partial charge in [0.2, 0.25) is 10.0 Å². The Balaban J connectivity index is 1.75. The number of alkyl halides is 1. The van der Waals surface area contributed by atoms with Crippen molar-refractivity contribution in [3.63, 3.8) is 0 Å². The van der Waals surface area contributed by atoms with Crippen molar-refractivity contribution in [2.45, 2.75) is 18.8 Å². The monoisotopic (exact) mass is 314 g/mol. The third-order valence-electron chi connectivity index (χ3n) is 3.64. The highest BCUT2D eigenvalue weighted by molar-refractivity contribution is 7.90. The lowest BCUT2D eigenvalue weighted by Gasteiger charge is -2.29. The number of hydrogen-bond acceptors (Lipinski definition) is 4. The van der Waals surface area contributed by atoms with E-state index in [1.165, 1.54) is 4.31 Å². The van der Waals surface area contributed by atoms with E-state index in [0.29, 0.717) is 31.8 Å². The van der Waals surface area contributed by atoms with E-state index in [0.717, 1.165) is 11.1 Å².